The number of hydrazine groups is 1. The lowest BCUT2D eigenvalue weighted by atomic mass is 10.2. The van der Waals surface area contributed by atoms with Gasteiger partial charge < -0.3 is 10.1 Å². The Hall–Kier alpha value is -2.40. The standard InChI is InChI=1S/C17H19N3OS/c1-2-18-17(22)20-19-12-15-10-6-7-11-16(15)21-13-14-8-4-3-5-9-14/h3-12H,2,13H2,1H3,(H2,18,20,22)/p+1. The topological polar surface area (TPSA) is 47.3 Å². The number of ether oxygens (including phenoxy) is 1. The number of benzene rings is 2. The first-order valence-electron chi connectivity index (χ1n) is 7.18. The third-order valence-electron chi connectivity index (χ3n) is 2.91. The van der Waals surface area contributed by atoms with Gasteiger partial charge in [0.15, 0.2) is 0 Å². The minimum atomic E-state index is 0.537. The van der Waals surface area contributed by atoms with E-state index in [0.29, 0.717) is 11.7 Å². The molecule has 114 valence electrons. The largest absolute Gasteiger partial charge is 0.488 e. The Morgan fingerprint density at radius 1 is 1.14 bits per heavy atom. The van der Waals surface area contributed by atoms with Crippen molar-refractivity contribution in [3.63, 3.8) is 0 Å². The molecule has 0 unspecified atom stereocenters. The summed E-state index contributed by atoms with van der Waals surface area (Å²) >= 11 is 5.08. The molecule has 0 saturated carbocycles. The molecule has 2 rings (SSSR count). The summed E-state index contributed by atoms with van der Waals surface area (Å²) in [6, 6.07) is 17.9. The molecule has 2 aromatic rings. The molecule has 5 heteroatoms. The number of nitrogens with one attached hydrogen (secondary N) is 3. The monoisotopic (exact) mass is 314 g/mol. The van der Waals surface area contributed by atoms with Gasteiger partial charge in [-0.15, -0.1) is 10.5 Å². The summed E-state index contributed by atoms with van der Waals surface area (Å²) in [5, 5.41) is 6.52. The summed E-state index contributed by atoms with van der Waals surface area (Å²) in [4.78, 5) is 0. The molecule has 0 atom stereocenters. The second-order valence-electron chi connectivity index (χ2n) is 4.59. The van der Waals surface area contributed by atoms with Crippen LogP contribution in [0.15, 0.2) is 54.6 Å². The van der Waals surface area contributed by atoms with Crippen LogP contribution in [0.4, 0.5) is 0 Å². The highest BCUT2D eigenvalue weighted by Gasteiger charge is 2.04. The molecule has 0 saturated heterocycles. The quantitative estimate of drug-likeness (QED) is 0.425. The average Bonchev–Trinajstić information content (AvgIpc) is 2.55. The molecule has 2 aromatic carbocycles. The molecule has 0 amide bonds. The minimum Gasteiger partial charge on any atom is -0.488 e. The first-order valence-corrected chi connectivity index (χ1v) is 7.58. The molecule has 0 bridgehead atoms. The van der Waals surface area contributed by atoms with Crippen LogP contribution in [0.3, 0.4) is 0 Å². The van der Waals surface area contributed by atoms with Crippen molar-refractivity contribution in [3.05, 3.63) is 65.7 Å². The highest BCUT2D eigenvalue weighted by atomic mass is 32.1. The first kappa shape index (κ1) is 16.0. The summed E-state index contributed by atoms with van der Waals surface area (Å²) in [5.41, 5.74) is 4.98. The highest BCUT2D eigenvalue weighted by Crippen LogP contribution is 2.16. The van der Waals surface area contributed by atoms with Gasteiger partial charge in [0, 0.05) is 6.54 Å². The van der Waals surface area contributed by atoms with Crippen molar-refractivity contribution >= 4 is 23.5 Å². The lowest BCUT2D eigenvalue weighted by molar-refractivity contribution is -0.500. The molecule has 0 aliphatic rings. The maximum atomic E-state index is 5.88. The van der Waals surface area contributed by atoms with Crippen LogP contribution in [0, 0.1) is 0 Å². The molecule has 0 heterocycles. The zero-order chi connectivity index (χ0) is 15.6. The molecule has 0 spiro atoms. The van der Waals surface area contributed by atoms with E-state index in [1.807, 2.05) is 67.7 Å². The van der Waals surface area contributed by atoms with E-state index < -0.39 is 0 Å². The summed E-state index contributed by atoms with van der Waals surface area (Å²) in [6.45, 7) is 3.31. The normalized spacial score (nSPS) is 10.4. The Morgan fingerprint density at radius 2 is 1.86 bits per heavy atom. The van der Waals surface area contributed by atoms with Gasteiger partial charge in [-0.3, -0.25) is 0 Å². The molecular formula is C17H20N3OS+. The maximum absolute atomic E-state index is 5.88. The average molecular weight is 314 g/mol. The van der Waals surface area contributed by atoms with Crippen LogP contribution in [0.25, 0.3) is 0 Å². The SMILES string of the molecule is CCNC(=S)N[NH+]=Cc1ccccc1OCc1ccccc1. The van der Waals surface area contributed by atoms with Crippen LogP contribution in [0.5, 0.6) is 5.75 Å². The fourth-order valence-electron chi connectivity index (χ4n) is 1.85. The van der Waals surface area contributed by atoms with Gasteiger partial charge in [0.25, 0.3) is 0 Å². The Balaban J connectivity index is 1.97. The van der Waals surface area contributed by atoms with E-state index in [-0.39, 0.29) is 0 Å². The van der Waals surface area contributed by atoms with Crippen LogP contribution in [0.2, 0.25) is 0 Å². The second kappa shape index (κ2) is 8.79. The molecule has 22 heavy (non-hydrogen) atoms. The Labute approximate surface area is 136 Å². The number of thiocarbonyl (C=S) groups is 1. The molecule has 4 nitrogen and oxygen atoms in total. The molecule has 0 aliphatic heterocycles. The first-order chi connectivity index (χ1) is 10.8. The number of para-hydroxylation sites is 1. The van der Waals surface area contributed by atoms with Crippen molar-refractivity contribution in [3.8, 4) is 5.75 Å². The molecular weight excluding hydrogens is 294 g/mol. The summed E-state index contributed by atoms with van der Waals surface area (Å²) in [6.07, 6.45) is 1.82. The summed E-state index contributed by atoms with van der Waals surface area (Å²) < 4.78 is 5.88. The Morgan fingerprint density at radius 3 is 2.64 bits per heavy atom. The van der Waals surface area contributed by atoms with Crippen molar-refractivity contribution in [2.75, 3.05) is 6.54 Å². The number of rotatable bonds is 6. The third kappa shape index (κ3) is 5.18. The fraction of sp³-hybridized carbons (Fsp3) is 0.176. The number of hydrogen-bond acceptors (Lipinski definition) is 2. The smallest absolute Gasteiger partial charge is 0.223 e. The van der Waals surface area contributed by atoms with Gasteiger partial charge in [-0.05, 0) is 36.8 Å². The van der Waals surface area contributed by atoms with Gasteiger partial charge in [-0.2, -0.15) is 0 Å². The minimum absolute atomic E-state index is 0.537. The third-order valence-corrected chi connectivity index (χ3v) is 3.15. The number of hydrogen-bond donors (Lipinski definition) is 3. The van der Waals surface area contributed by atoms with Crippen LogP contribution in [-0.2, 0) is 6.61 Å². The maximum Gasteiger partial charge on any atom is 0.223 e. The van der Waals surface area contributed by atoms with Crippen LogP contribution < -0.4 is 20.6 Å². The van der Waals surface area contributed by atoms with Gasteiger partial charge >= 0.3 is 0 Å². The molecule has 0 aromatic heterocycles. The lowest BCUT2D eigenvalue weighted by Crippen LogP contribution is -2.82. The van der Waals surface area contributed by atoms with Crippen LogP contribution in [0.1, 0.15) is 18.1 Å². The molecule has 0 fully saturated rings. The van der Waals surface area contributed by atoms with E-state index >= 15 is 0 Å². The van der Waals surface area contributed by atoms with Crippen LogP contribution >= 0.6 is 12.2 Å². The Kier molecular flexibility index (Phi) is 6.39. The lowest BCUT2D eigenvalue weighted by Gasteiger charge is -2.07. The second-order valence-corrected chi connectivity index (χ2v) is 4.99. The van der Waals surface area contributed by atoms with E-state index in [1.165, 1.54) is 0 Å². The zero-order valence-electron chi connectivity index (χ0n) is 12.5. The summed E-state index contributed by atoms with van der Waals surface area (Å²) in [5.74, 6) is 0.815. The predicted molar refractivity (Wildman–Crippen MR) is 92.8 cm³/mol. The van der Waals surface area contributed by atoms with E-state index in [4.69, 9.17) is 17.0 Å². The van der Waals surface area contributed by atoms with Gasteiger partial charge in [-0.25, -0.2) is 0 Å². The van der Waals surface area contributed by atoms with E-state index in [1.54, 1.807) is 0 Å². The van der Waals surface area contributed by atoms with Crippen molar-refractivity contribution in [2.24, 2.45) is 0 Å². The molecule has 0 aliphatic carbocycles. The van der Waals surface area contributed by atoms with Crippen molar-refractivity contribution < 1.29 is 9.84 Å². The van der Waals surface area contributed by atoms with E-state index in [0.717, 1.165) is 23.4 Å². The van der Waals surface area contributed by atoms with Crippen molar-refractivity contribution in [1.82, 2.24) is 10.7 Å². The van der Waals surface area contributed by atoms with Crippen LogP contribution in [-0.4, -0.2) is 17.9 Å². The van der Waals surface area contributed by atoms with Crippen molar-refractivity contribution in [1.29, 1.82) is 0 Å². The van der Waals surface area contributed by atoms with E-state index in [2.05, 4.69) is 15.8 Å². The van der Waals surface area contributed by atoms with Crippen molar-refractivity contribution in [2.45, 2.75) is 13.5 Å². The molecule has 0 radical (unpaired) electrons. The summed E-state index contributed by atoms with van der Waals surface area (Å²) in [7, 11) is 0. The highest BCUT2D eigenvalue weighted by molar-refractivity contribution is 7.80. The fourth-order valence-corrected chi connectivity index (χ4v) is 2.05. The Bertz CT molecular complexity index is 629. The molecule has 3 N–H and O–H groups in total. The van der Waals surface area contributed by atoms with E-state index in [9.17, 15) is 0 Å². The number of hydrazone groups is 1. The van der Waals surface area contributed by atoms with Gasteiger partial charge in [0.1, 0.15) is 12.4 Å². The van der Waals surface area contributed by atoms with Gasteiger partial charge in [0.05, 0.1) is 5.56 Å². The van der Waals surface area contributed by atoms with Gasteiger partial charge in [-0.1, -0.05) is 42.5 Å². The predicted octanol–water partition coefficient (Wildman–Crippen LogP) is 1.16. The zero-order valence-corrected chi connectivity index (χ0v) is 13.3. The van der Waals surface area contributed by atoms with Gasteiger partial charge in [0.2, 0.25) is 11.3 Å².